The number of unbranched alkanes of at least 4 members (excludes halogenated alkanes) is 3. The first-order valence-electron chi connectivity index (χ1n) is 6.75. The largest absolute Gasteiger partial charge is 0.339 e. The zero-order valence-electron chi connectivity index (χ0n) is 11.3. The third kappa shape index (κ3) is 6.41. The number of rotatable bonds is 9. The molecule has 1 heterocycles. The van der Waals surface area contributed by atoms with E-state index in [1.165, 1.54) is 32.1 Å². The Labute approximate surface area is 104 Å². The van der Waals surface area contributed by atoms with Crippen molar-refractivity contribution in [3.63, 3.8) is 0 Å². The molecule has 0 amide bonds. The van der Waals surface area contributed by atoms with Crippen molar-refractivity contribution in [2.24, 2.45) is 0 Å². The average molecular weight is 239 g/mol. The van der Waals surface area contributed by atoms with Gasteiger partial charge in [0.05, 0.1) is 0 Å². The van der Waals surface area contributed by atoms with Crippen LogP contribution >= 0.6 is 0 Å². The van der Waals surface area contributed by atoms with Crippen molar-refractivity contribution in [2.45, 2.75) is 65.3 Å². The van der Waals surface area contributed by atoms with Crippen LogP contribution in [0, 0.1) is 6.92 Å². The first kappa shape index (κ1) is 14.2. The Morgan fingerprint density at radius 2 is 2.12 bits per heavy atom. The Morgan fingerprint density at radius 3 is 2.76 bits per heavy atom. The Morgan fingerprint density at radius 1 is 1.29 bits per heavy atom. The summed E-state index contributed by atoms with van der Waals surface area (Å²) < 4.78 is 5.06. The van der Waals surface area contributed by atoms with Gasteiger partial charge in [-0.15, -0.1) is 0 Å². The molecule has 0 aromatic carbocycles. The summed E-state index contributed by atoms with van der Waals surface area (Å²) in [5.74, 6) is 1.45. The second-order valence-electron chi connectivity index (χ2n) is 4.69. The first-order chi connectivity index (χ1) is 8.22. The van der Waals surface area contributed by atoms with Crippen LogP contribution in [-0.4, -0.2) is 22.7 Å². The van der Waals surface area contributed by atoms with E-state index in [-0.39, 0.29) is 0 Å². The molecule has 0 spiro atoms. The molecule has 0 bridgehead atoms. The fourth-order valence-corrected chi connectivity index (χ4v) is 1.85. The van der Waals surface area contributed by atoms with E-state index in [1.54, 1.807) is 0 Å². The highest BCUT2D eigenvalue weighted by Crippen LogP contribution is 2.05. The van der Waals surface area contributed by atoms with Gasteiger partial charge in [0.25, 0.3) is 0 Å². The van der Waals surface area contributed by atoms with Gasteiger partial charge in [-0.3, -0.25) is 0 Å². The smallest absolute Gasteiger partial charge is 0.227 e. The molecular formula is C13H25N3O. The summed E-state index contributed by atoms with van der Waals surface area (Å²) in [6.45, 7) is 7.24. The Bertz CT molecular complexity index is 299. The maximum absolute atomic E-state index is 5.06. The molecule has 1 unspecified atom stereocenters. The Hall–Kier alpha value is -0.900. The molecule has 0 saturated carbocycles. The average Bonchev–Trinajstić information content (AvgIpc) is 2.71. The van der Waals surface area contributed by atoms with Gasteiger partial charge in [0, 0.05) is 19.0 Å². The van der Waals surface area contributed by atoms with E-state index >= 15 is 0 Å². The SMILES string of the molecule is CCCCCCC(C)NCCc1nc(C)no1. The van der Waals surface area contributed by atoms with Crippen LogP contribution in [-0.2, 0) is 6.42 Å². The predicted octanol–water partition coefficient (Wildman–Crippen LogP) is 2.87. The fraction of sp³-hybridized carbons (Fsp3) is 0.846. The monoisotopic (exact) mass is 239 g/mol. The van der Waals surface area contributed by atoms with Gasteiger partial charge < -0.3 is 9.84 Å². The van der Waals surface area contributed by atoms with E-state index in [1.807, 2.05) is 6.92 Å². The minimum Gasteiger partial charge on any atom is -0.339 e. The van der Waals surface area contributed by atoms with Crippen LogP contribution < -0.4 is 5.32 Å². The third-order valence-corrected chi connectivity index (χ3v) is 2.89. The van der Waals surface area contributed by atoms with Crippen molar-refractivity contribution in [3.05, 3.63) is 11.7 Å². The zero-order valence-corrected chi connectivity index (χ0v) is 11.3. The highest BCUT2D eigenvalue weighted by Gasteiger charge is 2.04. The quantitative estimate of drug-likeness (QED) is 0.673. The second kappa shape index (κ2) is 8.23. The van der Waals surface area contributed by atoms with Crippen molar-refractivity contribution >= 4 is 0 Å². The molecule has 17 heavy (non-hydrogen) atoms. The molecule has 0 radical (unpaired) electrons. The number of aryl methyl sites for hydroxylation is 1. The van der Waals surface area contributed by atoms with Crippen LogP contribution in [0.4, 0.5) is 0 Å². The topological polar surface area (TPSA) is 51.0 Å². The molecule has 1 N–H and O–H groups in total. The summed E-state index contributed by atoms with van der Waals surface area (Å²) in [5, 5.41) is 7.26. The van der Waals surface area contributed by atoms with Gasteiger partial charge in [0.15, 0.2) is 5.82 Å². The molecule has 0 aliphatic carbocycles. The third-order valence-electron chi connectivity index (χ3n) is 2.89. The van der Waals surface area contributed by atoms with E-state index in [9.17, 15) is 0 Å². The van der Waals surface area contributed by atoms with E-state index in [2.05, 4.69) is 29.3 Å². The van der Waals surface area contributed by atoms with E-state index in [0.29, 0.717) is 11.9 Å². The van der Waals surface area contributed by atoms with Gasteiger partial charge in [0.2, 0.25) is 5.89 Å². The van der Waals surface area contributed by atoms with Gasteiger partial charge >= 0.3 is 0 Å². The summed E-state index contributed by atoms with van der Waals surface area (Å²) in [4.78, 5) is 4.18. The highest BCUT2D eigenvalue weighted by atomic mass is 16.5. The number of nitrogens with one attached hydrogen (secondary N) is 1. The molecule has 0 fully saturated rings. The van der Waals surface area contributed by atoms with E-state index < -0.39 is 0 Å². The maximum atomic E-state index is 5.06. The normalized spacial score (nSPS) is 12.9. The zero-order chi connectivity index (χ0) is 12.5. The van der Waals surface area contributed by atoms with Crippen LogP contribution in [0.5, 0.6) is 0 Å². The van der Waals surface area contributed by atoms with Crippen LogP contribution in [0.3, 0.4) is 0 Å². The van der Waals surface area contributed by atoms with Crippen molar-refractivity contribution in [1.82, 2.24) is 15.5 Å². The van der Waals surface area contributed by atoms with Crippen LogP contribution in [0.1, 0.15) is 57.7 Å². The molecule has 1 rings (SSSR count). The molecule has 1 atom stereocenters. The highest BCUT2D eigenvalue weighted by molar-refractivity contribution is 4.83. The molecular weight excluding hydrogens is 214 g/mol. The predicted molar refractivity (Wildman–Crippen MR) is 69.0 cm³/mol. The molecule has 0 aliphatic heterocycles. The van der Waals surface area contributed by atoms with Crippen LogP contribution in [0.15, 0.2) is 4.52 Å². The molecule has 1 aromatic heterocycles. The lowest BCUT2D eigenvalue weighted by Crippen LogP contribution is -2.28. The number of hydrogen-bond donors (Lipinski definition) is 1. The van der Waals surface area contributed by atoms with Crippen molar-refractivity contribution in [2.75, 3.05) is 6.54 Å². The van der Waals surface area contributed by atoms with Gasteiger partial charge in [-0.2, -0.15) is 4.98 Å². The maximum Gasteiger partial charge on any atom is 0.227 e. The molecule has 98 valence electrons. The van der Waals surface area contributed by atoms with Gasteiger partial charge in [-0.25, -0.2) is 0 Å². The lowest BCUT2D eigenvalue weighted by Gasteiger charge is -2.12. The summed E-state index contributed by atoms with van der Waals surface area (Å²) in [7, 11) is 0. The number of nitrogens with zero attached hydrogens (tertiary/aromatic N) is 2. The summed E-state index contributed by atoms with van der Waals surface area (Å²) >= 11 is 0. The van der Waals surface area contributed by atoms with E-state index in [4.69, 9.17) is 4.52 Å². The van der Waals surface area contributed by atoms with Crippen molar-refractivity contribution in [1.29, 1.82) is 0 Å². The van der Waals surface area contributed by atoms with E-state index in [0.717, 1.165) is 18.9 Å². The van der Waals surface area contributed by atoms with Crippen LogP contribution in [0.2, 0.25) is 0 Å². The van der Waals surface area contributed by atoms with Crippen molar-refractivity contribution in [3.8, 4) is 0 Å². The fourth-order valence-electron chi connectivity index (χ4n) is 1.85. The van der Waals surface area contributed by atoms with Crippen molar-refractivity contribution < 1.29 is 4.52 Å². The Balaban J connectivity index is 2.02. The van der Waals surface area contributed by atoms with Gasteiger partial charge in [0.1, 0.15) is 0 Å². The molecule has 0 saturated heterocycles. The number of hydrogen-bond acceptors (Lipinski definition) is 4. The molecule has 4 nitrogen and oxygen atoms in total. The second-order valence-corrected chi connectivity index (χ2v) is 4.69. The summed E-state index contributed by atoms with van der Waals surface area (Å²) in [5.41, 5.74) is 0. The van der Waals surface area contributed by atoms with Gasteiger partial charge in [-0.05, 0) is 20.3 Å². The molecule has 0 aliphatic rings. The van der Waals surface area contributed by atoms with Crippen LogP contribution in [0.25, 0.3) is 0 Å². The lowest BCUT2D eigenvalue weighted by molar-refractivity contribution is 0.368. The minimum atomic E-state index is 0.580. The van der Waals surface area contributed by atoms with Gasteiger partial charge in [-0.1, -0.05) is 37.8 Å². The number of aromatic nitrogens is 2. The first-order valence-corrected chi connectivity index (χ1v) is 6.75. The molecule has 4 heteroatoms. The summed E-state index contributed by atoms with van der Waals surface area (Å²) in [6.07, 6.45) is 7.41. The Kier molecular flexibility index (Phi) is 6.86. The minimum absolute atomic E-state index is 0.580. The lowest BCUT2D eigenvalue weighted by atomic mass is 10.1. The standard InChI is InChI=1S/C13H25N3O/c1-4-5-6-7-8-11(2)14-10-9-13-15-12(3)16-17-13/h11,14H,4-10H2,1-3H3. The molecule has 1 aromatic rings. The summed E-state index contributed by atoms with van der Waals surface area (Å²) in [6, 6.07) is 0.580.